The molecule has 0 spiro atoms. The van der Waals surface area contributed by atoms with Gasteiger partial charge in [-0.05, 0) is 35.9 Å². The number of benzene rings is 2. The molecule has 0 saturated heterocycles. The highest BCUT2D eigenvalue weighted by Gasteiger charge is 2.10. The number of rotatable bonds is 9. The van der Waals surface area contributed by atoms with E-state index in [9.17, 15) is 18.0 Å². The average molecular weight is 382 g/mol. The monoisotopic (exact) mass is 382 g/mol. The molecule has 0 amide bonds. The van der Waals surface area contributed by atoms with Crippen LogP contribution in [0.4, 0.5) is 13.2 Å². The minimum absolute atomic E-state index is 0.00595. The van der Waals surface area contributed by atoms with Gasteiger partial charge < -0.3 is 18.9 Å². The van der Waals surface area contributed by atoms with E-state index in [4.69, 9.17) is 14.2 Å². The first-order valence-corrected chi connectivity index (χ1v) is 7.84. The summed E-state index contributed by atoms with van der Waals surface area (Å²) in [6.45, 7) is -3.04. The Balaban J connectivity index is 1.82. The Bertz CT molecular complexity index is 793. The van der Waals surface area contributed by atoms with Crippen molar-refractivity contribution in [2.75, 3.05) is 20.3 Å². The molecule has 0 saturated carbocycles. The molecular weight excluding hydrogens is 365 g/mol. The molecular formula is C19H17F3O5. The fourth-order valence-electron chi connectivity index (χ4n) is 2.05. The summed E-state index contributed by atoms with van der Waals surface area (Å²) in [6, 6.07) is 10.1. The van der Waals surface area contributed by atoms with Crippen molar-refractivity contribution in [3.8, 4) is 17.2 Å². The van der Waals surface area contributed by atoms with E-state index in [2.05, 4.69) is 4.74 Å². The number of methoxy groups -OCH3 is 1. The first kappa shape index (κ1) is 20.2. The van der Waals surface area contributed by atoms with E-state index in [1.807, 2.05) is 0 Å². The molecule has 5 nitrogen and oxygen atoms in total. The van der Waals surface area contributed by atoms with Crippen molar-refractivity contribution in [3.05, 3.63) is 59.9 Å². The van der Waals surface area contributed by atoms with Gasteiger partial charge in [0.25, 0.3) is 0 Å². The highest BCUT2D eigenvalue weighted by molar-refractivity contribution is 5.87. The van der Waals surface area contributed by atoms with Gasteiger partial charge in [0.1, 0.15) is 13.2 Å². The number of hydrogen-bond acceptors (Lipinski definition) is 5. The third-order valence-corrected chi connectivity index (χ3v) is 3.24. The van der Waals surface area contributed by atoms with E-state index < -0.39 is 18.4 Å². The van der Waals surface area contributed by atoms with E-state index in [-0.39, 0.29) is 30.5 Å². The zero-order valence-electron chi connectivity index (χ0n) is 14.4. The van der Waals surface area contributed by atoms with E-state index in [1.54, 1.807) is 6.07 Å². The van der Waals surface area contributed by atoms with Gasteiger partial charge in [0.05, 0.1) is 7.11 Å². The van der Waals surface area contributed by atoms with Crippen molar-refractivity contribution in [1.29, 1.82) is 0 Å². The predicted molar refractivity (Wildman–Crippen MR) is 91.5 cm³/mol. The van der Waals surface area contributed by atoms with Gasteiger partial charge in [-0.1, -0.05) is 18.2 Å². The van der Waals surface area contributed by atoms with E-state index in [1.165, 1.54) is 49.6 Å². The van der Waals surface area contributed by atoms with Crippen molar-refractivity contribution in [2.45, 2.75) is 6.61 Å². The fraction of sp³-hybridized carbons (Fsp3) is 0.211. The summed E-state index contributed by atoms with van der Waals surface area (Å²) < 4.78 is 57.3. The number of carbonyl (C=O) groups excluding carboxylic acids is 1. The van der Waals surface area contributed by atoms with Gasteiger partial charge >= 0.3 is 12.6 Å². The van der Waals surface area contributed by atoms with Crippen molar-refractivity contribution >= 4 is 12.0 Å². The molecule has 0 aliphatic rings. The fourth-order valence-corrected chi connectivity index (χ4v) is 2.05. The Hall–Kier alpha value is -3.16. The summed E-state index contributed by atoms with van der Waals surface area (Å²) in [6.07, 6.45) is 2.58. The number of hydrogen-bond donors (Lipinski definition) is 0. The maximum absolute atomic E-state index is 13.3. The summed E-state index contributed by atoms with van der Waals surface area (Å²) >= 11 is 0. The van der Waals surface area contributed by atoms with Crippen molar-refractivity contribution in [3.63, 3.8) is 0 Å². The van der Waals surface area contributed by atoms with Crippen molar-refractivity contribution in [2.24, 2.45) is 0 Å². The Morgan fingerprint density at radius 2 is 1.85 bits per heavy atom. The third kappa shape index (κ3) is 6.58. The molecule has 0 bridgehead atoms. The lowest BCUT2D eigenvalue weighted by Crippen LogP contribution is -2.10. The molecule has 2 aromatic carbocycles. The minimum Gasteiger partial charge on any atom is -0.493 e. The molecule has 144 valence electrons. The van der Waals surface area contributed by atoms with Crippen LogP contribution < -0.4 is 14.2 Å². The average Bonchev–Trinajstić information content (AvgIpc) is 2.65. The van der Waals surface area contributed by atoms with Crippen LogP contribution in [-0.4, -0.2) is 32.9 Å². The van der Waals surface area contributed by atoms with Gasteiger partial charge in [-0.2, -0.15) is 8.78 Å². The van der Waals surface area contributed by atoms with Crippen LogP contribution in [0.25, 0.3) is 6.08 Å². The molecule has 0 radical (unpaired) electrons. The second-order valence-electron chi connectivity index (χ2n) is 5.07. The maximum atomic E-state index is 13.3. The Labute approximate surface area is 153 Å². The first-order chi connectivity index (χ1) is 13.0. The SMILES string of the molecule is COc1cc(C=CC(=O)OCCOc2ccccc2F)ccc1OC(F)F. The van der Waals surface area contributed by atoms with Crippen LogP contribution in [0.1, 0.15) is 5.56 Å². The quantitative estimate of drug-likeness (QED) is 0.372. The van der Waals surface area contributed by atoms with Crippen LogP contribution in [0.2, 0.25) is 0 Å². The van der Waals surface area contributed by atoms with Crippen LogP contribution in [-0.2, 0) is 9.53 Å². The summed E-state index contributed by atoms with van der Waals surface area (Å²) in [5.74, 6) is -1.08. The number of ether oxygens (including phenoxy) is 4. The molecule has 0 N–H and O–H groups in total. The molecule has 0 aromatic heterocycles. The smallest absolute Gasteiger partial charge is 0.387 e. The predicted octanol–water partition coefficient (Wildman–Crippen LogP) is 4.07. The van der Waals surface area contributed by atoms with Crippen molar-refractivity contribution < 1.29 is 36.9 Å². The maximum Gasteiger partial charge on any atom is 0.387 e. The van der Waals surface area contributed by atoms with Crippen LogP contribution in [0.5, 0.6) is 17.2 Å². The highest BCUT2D eigenvalue weighted by Crippen LogP contribution is 2.29. The van der Waals surface area contributed by atoms with E-state index in [0.29, 0.717) is 5.56 Å². The molecule has 0 heterocycles. The number of alkyl halides is 2. The molecule has 27 heavy (non-hydrogen) atoms. The van der Waals surface area contributed by atoms with Gasteiger partial charge in [0.2, 0.25) is 0 Å². The number of carbonyl (C=O) groups is 1. The normalized spacial score (nSPS) is 10.9. The number of esters is 1. The summed E-state index contributed by atoms with van der Waals surface area (Å²) in [5.41, 5.74) is 0.521. The molecule has 2 aromatic rings. The van der Waals surface area contributed by atoms with Crippen LogP contribution in [0.3, 0.4) is 0 Å². The van der Waals surface area contributed by atoms with Gasteiger partial charge in [-0.3, -0.25) is 0 Å². The third-order valence-electron chi connectivity index (χ3n) is 3.24. The lowest BCUT2D eigenvalue weighted by Gasteiger charge is -2.10. The van der Waals surface area contributed by atoms with Crippen LogP contribution in [0.15, 0.2) is 48.5 Å². The van der Waals surface area contributed by atoms with Crippen LogP contribution >= 0.6 is 0 Å². The lowest BCUT2D eigenvalue weighted by molar-refractivity contribution is -0.138. The Kier molecular flexibility index (Phi) is 7.54. The summed E-state index contributed by atoms with van der Waals surface area (Å²) in [7, 11) is 1.31. The minimum atomic E-state index is -2.97. The van der Waals surface area contributed by atoms with Crippen molar-refractivity contribution in [1.82, 2.24) is 0 Å². The van der Waals surface area contributed by atoms with Crippen LogP contribution in [0, 0.1) is 5.82 Å². The number of para-hydroxylation sites is 1. The molecule has 8 heteroatoms. The summed E-state index contributed by atoms with van der Waals surface area (Å²) in [4.78, 5) is 11.7. The summed E-state index contributed by atoms with van der Waals surface area (Å²) in [5, 5.41) is 0. The topological polar surface area (TPSA) is 54.0 Å². The second kappa shape index (κ2) is 10.1. The van der Waals surface area contributed by atoms with Gasteiger partial charge in [-0.25, -0.2) is 9.18 Å². The lowest BCUT2D eigenvalue weighted by atomic mass is 10.2. The van der Waals surface area contributed by atoms with Gasteiger partial charge in [0, 0.05) is 6.08 Å². The second-order valence-corrected chi connectivity index (χ2v) is 5.07. The molecule has 0 fully saturated rings. The molecule has 0 atom stereocenters. The largest absolute Gasteiger partial charge is 0.493 e. The first-order valence-electron chi connectivity index (χ1n) is 7.84. The molecule has 0 aliphatic heterocycles. The van der Waals surface area contributed by atoms with E-state index in [0.717, 1.165) is 6.08 Å². The standard InChI is InChI=1S/C19H17F3O5/c1-24-17-12-13(6-8-16(17)27-19(21)22)7-9-18(23)26-11-10-25-15-5-3-2-4-14(15)20/h2-9,12,19H,10-11H2,1H3. The Morgan fingerprint density at radius 1 is 1.07 bits per heavy atom. The molecule has 2 rings (SSSR count). The Morgan fingerprint density at radius 3 is 2.56 bits per heavy atom. The highest BCUT2D eigenvalue weighted by atomic mass is 19.3. The molecule has 0 unspecified atom stereocenters. The zero-order chi connectivity index (χ0) is 19.6. The zero-order valence-corrected chi connectivity index (χ0v) is 14.4. The van der Waals surface area contributed by atoms with E-state index >= 15 is 0 Å². The number of halogens is 3. The van der Waals surface area contributed by atoms with Gasteiger partial charge in [0.15, 0.2) is 23.1 Å². The molecule has 0 aliphatic carbocycles. The van der Waals surface area contributed by atoms with Gasteiger partial charge in [-0.15, -0.1) is 0 Å².